The van der Waals surface area contributed by atoms with E-state index in [2.05, 4.69) is 35.8 Å². The lowest BCUT2D eigenvalue weighted by molar-refractivity contribution is 0.221. The van der Waals surface area contributed by atoms with Gasteiger partial charge >= 0.3 is 0 Å². The van der Waals surface area contributed by atoms with Gasteiger partial charge in [-0.1, -0.05) is 30.3 Å². The van der Waals surface area contributed by atoms with Crippen molar-refractivity contribution in [3.63, 3.8) is 0 Å². The zero-order valence-corrected chi connectivity index (χ0v) is 10.5. The Bertz CT molecular complexity index is 324. The number of aliphatic hydroxyl groups excluding tert-OH is 1. The summed E-state index contributed by atoms with van der Waals surface area (Å²) in [6.07, 6.45) is 4.32. The second-order valence-electron chi connectivity index (χ2n) is 4.50. The summed E-state index contributed by atoms with van der Waals surface area (Å²) in [5.41, 5.74) is 1.33. The van der Waals surface area contributed by atoms with Crippen LogP contribution < -0.4 is 5.32 Å². The minimum absolute atomic E-state index is 0.0102. The van der Waals surface area contributed by atoms with Crippen LogP contribution in [0.1, 0.15) is 24.4 Å². The zero-order chi connectivity index (χ0) is 11.4. The van der Waals surface area contributed by atoms with Crippen molar-refractivity contribution in [1.29, 1.82) is 0 Å². The molecule has 0 aromatic heterocycles. The summed E-state index contributed by atoms with van der Waals surface area (Å²) >= 11 is 1.84. The fourth-order valence-electron chi connectivity index (χ4n) is 1.94. The normalized spacial score (nSPS) is 19.4. The monoisotopic (exact) mass is 237 g/mol. The van der Waals surface area contributed by atoms with Crippen molar-refractivity contribution in [1.82, 2.24) is 5.32 Å². The van der Waals surface area contributed by atoms with Crippen molar-refractivity contribution < 1.29 is 5.11 Å². The summed E-state index contributed by atoms with van der Waals surface area (Å²) in [7, 11) is 0. The first kappa shape index (κ1) is 12.0. The Morgan fingerprint density at radius 3 is 2.56 bits per heavy atom. The lowest BCUT2D eigenvalue weighted by Crippen LogP contribution is -2.38. The van der Waals surface area contributed by atoms with Gasteiger partial charge in [0.2, 0.25) is 0 Å². The van der Waals surface area contributed by atoms with Crippen LogP contribution in [0.2, 0.25) is 0 Å². The Hall–Kier alpha value is -0.510. The van der Waals surface area contributed by atoms with E-state index in [0.29, 0.717) is 6.04 Å². The SMILES string of the molecule is CSCC(NC1(CO)CC1)c1ccccc1. The van der Waals surface area contributed by atoms with E-state index in [4.69, 9.17) is 0 Å². The Labute approximate surface area is 101 Å². The predicted molar refractivity (Wildman–Crippen MR) is 69.8 cm³/mol. The van der Waals surface area contributed by atoms with Gasteiger partial charge in [0, 0.05) is 17.3 Å². The van der Waals surface area contributed by atoms with Gasteiger partial charge in [0.1, 0.15) is 0 Å². The van der Waals surface area contributed by atoms with Gasteiger partial charge in [0.25, 0.3) is 0 Å². The van der Waals surface area contributed by atoms with E-state index in [1.54, 1.807) is 0 Å². The van der Waals surface area contributed by atoms with Gasteiger partial charge in [-0.3, -0.25) is 0 Å². The summed E-state index contributed by atoms with van der Waals surface area (Å²) in [6, 6.07) is 10.8. The molecule has 1 saturated carbocycles. The predicted octanol–water partition coefficient (Wildman–Crippen LogP) is 2.21. The summed E-state index contributed by atoms with van der Waals surface area (Å²) in [6.45, 7) is 0.255. The quantitative estimate of drug-likeness (QED) is 0.795. The van der Waals surface area contributed by atoms with Crippen LogP contribution >= 0.6 is 11.8 Å². The number of benzene rings is 1. The highest BCUT2D eigenvalue weighted by atomic mass is 32.2. The second-order valence-corrected chi connectivity index (χ2v) is 5.41. The fourth-order valence-corrected chi connectivity index (χ4v) is 2.55. The van der Waals surface area contributed by atoms with E-state index < -0.39 is 0 Å². The van der Waals surface area contributed by atoms with Crippen molar-refractivity contribution in [3.8, 4) is 0 Å². The molecule has 0 amide bonds. The number of rotatable bonds is 6. The standard InChI is InChI=1S/C13H19NOS/c1-16-9-12(11-5-3-2-4-6-11)14-13(10-15)7-8-13/h2-6,12,14-15H,7-10H2,1H3. The average molecular weight is 237 g/mol. The second kappa shape index (κ2) is 5.21. The van der Waals surface area contributed by atoms with Gasteiger partial charge in [-0.15, -0.1) is 0 Å². The fraction of sp³-hybridized carbons (Fsp3) is 0.538. The third-order valence-corrected chi connectivity index (χ3v) is 3.84. The topological polar surface area (TPSA) is 32.3 Å². The summed E-state index contributed by atoms with van der Waals surface area (Å²) in [5, 5.41) is 13.0. The average Bonchev–Trinajstić information content (AvgIpc) is 3.10. The third-order valence-electron chi connectivity index (χ3n) is 3.17. The van der Waals surface area contributed by atoms with E-state index in [0.717, 1.165) is 18.6 Å². The van der Waals surface area contributed by atoms with Crippen molar-refractivity contribution in [2.75, 3.05) is 18.6 Å². The molecule has 0 aliphatic heterocycles. The Morgan fingerprint density at radius 1 is 1.38 bits per heavy atom. The maximum atomic E-state index is 9.35. The van der Waals surface area contributed by atoms with Gasteiger partial charge in [-0.2, -0.15) is 11.8 Å². The molecule has 1 aromatic carbocycles. The number of hydrogen-bond donors (Lipinski definition) is 2. The van der Waals surface area contributed by atoms with Crippen LogP contribution in [0.4, 0.5) is 0 Å². The zero-order valence-electron chi connectivity index (χ0n) is 9.65. The van der Waals surface area contributed by atoms with Crippen LogP contribution in [-0.4, -0.2) is 29.3 Å². The molecule has 1 aliphatic carbocycles. The molecule has 16 heavy (non-hydrogen) atoms. The van der Waals surface area contributed by atoms with Crippen molar-refractivity contribution in [2.24, 2.45) is 0 Å². The Kier molecular flexibility index (Phi) is 3.90. The molecule has 0 spiro atoms. The Morgan fingerprint density at radius 2 is 2.06 bits per heavy atom. The van der Waals surface area contributed by atoms with Gasteiger partial charge < -0.3 is 10.4 Å². The molecule has 3 heteroatoms. The van der Waals surface area contributed by atoms with Crippen LogP contribution in [0.3, 0.4) is 0 Å². The van der Waals surface area contributed by atoms with Crippen molar-refractivity contribution >= 4 is 11.8 Å². The molecule has 1 atom stereocenters. The maximum absolute atomic E-state index is 9.35. The summed E-state index contributed by atoms with van der Waals surface area (Å²) in [4.78, 5) is 0. The Balaban J connectivity index is 2.05. The molecule has 1 aliphatic rings. The van der Waals surface area contributed by atoms with Gasteiger partial charge in [-0.05, 0) is 24.7 Å². The molecule has 0 heterocycles. The van der Waals surface area contributed by atoms with Crippen LogP contribution in [0.5, 0.6) is 0 Å². The molecule has 2 rings (SSSR count). The minimum Gasteiger partial charge on any atom is -0.394 e. The largest absolute Gasteiger partial charge is 0.394 e. The van der Waals surface area contributed by atoms with Crippen LogP contribution in [0, 0.1) is 0 Å². The first-order chi connectivity index (χ1) is 7.79. The molecule has 88 valence electrons. The molecule has 2 nitrogen and oxygen atoms in total. The molecule has 1 fully saturated rings. The van der Waals surface area contributed by atoms with Crippen molar-refractivity contribution in [2.45, 2.75) is 24.4 Å². The smallest absolute Gasteiger partial charge is 0.0613 e. The summed E-state index contributed by atoms with van der Waals surface area (Å²) in [5.74, 6) is 1.05. The highest BCUT2D eigenvalue weighted by Crippen LogP contribution is 2.37. The molecule has 1 aromatic rings. The highest BCUT2D eigenvalue weighted by Gasteiger charge is 2.43. The van der Waals surface area contributed by atoms with E-state index in [1.165, 1.54) is 5.56 Å². The van der Waals surface area contributed by atoms with Crippen LogP contribution in [0.15, 0.2) is 30.3 Å². The van der Waals surface area contributed by atoms with Gasteiger partial charge in [0.15, 0.2) is 0 Å². The highest BCUT2D eigenvalue weighted by molar-refractivity contribution is 7.98. The minimum atomic E-state index is 0.0102. The van der Waals surface area contributed by atoms with E-state index >= 15 is 0 Å². The van der Waals surface area contributed by atoms with Crippen molar-refractivity contribution in [3.05, 3.63) is 35.9 Å². The molecular formula is C13H19NOS. The number of thioether (sulfide) groups is 1. The number of hydrogen-bond acceptors (Lipinski definition) is 3. The maximum Gasteiger partial charge on any atom is 0.0613 e. The molecule has 0 saturated heterocycles. The first-order valence-corrected chi connectivity index (χ1v) is 7.11. The number of nitrogens with one attached hydrogen (secondary N) is 1. The van der Waals surface area contributed by atoms with Crippen LogP contribution in [-0.2, 0) is 0 Å². The molecule has 1 unspecified atom stereocenters. The molecular weight excluding hydrogens is 218 g/mol. The van der Waals surface area contributed by atoms with E-state index in [9.17, 15) is 5.11 Å². The lowest BCUT2D eigenvalue weighted by atomic mass is 10.1. The van der Waals surface area contributed by atoms with E-state index in [-0.39, 0.29) is 12.1 Å². The first-order valence-electron chi connectivity index (χ1n) is 5.72. The van der Waals surface area contributed by atoms with E-state index in [1.807, 2.05) is 17.8 Å². The lowest BCUT2D eigenvalue weighted by Gasteiger charge is -2.24. The van der Waals surface area contributed by atoms with Crippen LogP contribution in [0.25, 0.3) is 0 Å². The van der Waals surface area contributed by atoms with Gasteiger partial charge in [-0.25, -0.2) is 0 Å². The molecule has 0 bridgehead atoms. The number of aliphatic hydroxyl groups is 1. The van der Waals surface area contributed by atoms with Gasteiger partial charge in [0.05, 0.1) is 6.61 Å². The third kappa shape index (κ3) is 2.78. The molecule has 2 N–H and O–H groups in total. The molecule has 0 radical (unpaired) electrons. The summed E-state index contributed by atoms with van der Waals surface area (Å²) < 4.78 is 0.